The molecule has 2 aromatic rings. The van der Waals surface area contributed by atoms with Crippen molar-refractivity contribution in [3.05, 3.63) is 53.6 Å². The van der Waals surface area contributed by atoms with Crippen molar-refractivity contribution in [3.63, 3.8) is 0 Å². The summed E-state index contributed by atoms with van der Waals surface area (Å²) in [5.74, 6) is 1.20. The van der Waals surface area contributed by atoms with Crippen molar-refractivity contribution in [1.29, 1.82) is 0 Å². The Morgan fingerprint density at radius 1 is 1.12 bits per heavy atom. The van der Waals surface area contributed by atoms with Gasteiger partial charge >= 0.3 is 0 Å². The summed E-state index contributed by atoms with van der Waals surface area (Å²) in [6.07, 6.45) is 0.376. The van der Waals surface area contributed by atoms with Crippen LogP contribution in [0.2, 0.25) is 0 Å². The summed E-state index contributed by atoms with van der Waals surface area (Å²) in [5.41, 5.74) is 3.08. The zero-order valence-electron chi connectivity index (χ0n) is 15.3. The Morgan fingerprint density at radius 2 is 1.92 bits per heavy atom. The highest BCUT2D eigenvalue weighted by Gasteiger charge is 2.12. The molecule has 5 nitrogen and oxygen atoms in total. The van der Waals surface area contributed by atoms with Crippen LogP contribution in [0.25, 0.3) is 0 Å². The first-order valence-corrected chi connectivity index (χ1v) is 8.32. The molecule has 5 heteroatoms. The molecule has 1 atom stereocenters. The molecule has 1 unspecified atom stereocenters. The molecule has 2 aromatic carbocycles. The van der Waals surface area contributed by atoms with Gasteiger partial charge in [0, 0.05) is 25.1 Å². The lowest BCUT2D eigenvalue weighted by Gasteiger charge is -2.15. The van der Waals surface area contributed by atoms with E-state index in [1.54, 1.807) is 32.4 Å². The molecule has 0 radical (unpaired) electrons. The van der Waals surface area contributed by atoms with Crippen molar-refractivity contribution in [2.75, 3.05) is 19.5 Å². The maximum atomic E-state index is 12.3. The number of anilines is 1. The van der Waals surface area contributed by atoms with E-state index >= 15 is 0 Å². The Morgan fingerprint density at radius 3 is 2.60 bits per heavy atom. The summed E-state index contributed by atoms with van der Waals surface area (Å²) in [6.45, 7) is 4.81. The molecule has 25 heavy (non-hydrogen) atoms. The fourth-order valence-corrected chi connectivity index (χ4v) is 2.57. The van der Waals surface area contributed by atoms with Gasteiger partial charge in [-0.2, -0.15) is 0 Å². The third-order valence-corrected chi connectivity index (χ3v) is 3.91. The number of hydrogen-bond acceptors (Lipinski definition) is 4. The molecule has 0 saturated carbocycles. The van der Waals surface area contributed by atoms with Gasteiger partial charge < -0.3 is 20.1 Å². The molecule has 0 bridgehead atoms. The van der Waals surface area contributed by atoms with Gasteiger partial charge in [-0.1, -0.05) is 29.8 Å². The topological polar surface area (TPSA) is 59.6 Å². The fraction of sp³-hybridized carbons (Fsp3) is 0.350. The molecular weight excluding hydrogens is 316 g/mol. The summed E-state index contributed by atoms with van der Waals surface area (Å²) >= 11 is 0. The Bertz CT molecular complexity index is 716. The van der Waals surface area contributed by atoms with Crippen LogP contribution in [0.3, 0.4) is 0 Å². The van der Waals surface area contributed by atoms with Crippen LogP contribution in [0.1, 0.15) is 24.5 Å². The van der Waals surface area contributed by atoms with Gasteiger partial charge in [0.25, 0.3) is 0 Å². The smallest absolute Gasteiger partial charge is 0.226 e. The number of carbonyl (C=O) groups excluding carboxylic acids is 1. The second kappa shape index (κ2) is 9.08. The number of carbonyl (C=O) groups is 1. The standard InChI is InChI=1S/C20H26N2O3/c1-14-6-5-7-16(10-14)13-21-15(2)11-20(23)22-18-9-8-17(24-3)12-19(18)25-4/h5-10,12,15,21H,11,13H2,1-4H3,(H,22,23). The number of rotatable bonds is 8. The number of ether oxygens (including phenoxy) is 2. The Labute approximate surface area is 149 Å². The molecule has 0 aliphatic carbocycles. The monoisotopic (exact) mass is 342 g/mol. The van der Waals surface area contributed by atoms with E-state index in [0.717, 1.165) is 6.54 Å². The Kier molecular flexibility index (Phi) is 6.83. The van der Waals surface area contributed by atoms with E-state index in [9.17, 15) is 4.79 Å². The van der Waals surface area contributed by atoms with E-state index in [4.69, 9.17) is 9.47 Å². The summed E-state index contributed by atoms with van der Waals surface area (Å²) in [4.78, 5) is 12.3. The first-order chi connectivity index (χ1) is 12.0. The molecule has 0 heterocycles. The quantitative estimate of drug-likeness (QED) is 0.771. The van der Waals surface area contributed by atoms with Crippen molar-refractivity contribution in [1.82, 2.24) is 5.32 Å². The number of nitrogens with one attached hydrogen (secondary N) is 2. The van der Waals surface area contributed by atoms with Gasteiger partial charge in [-0.15, -0.1) is 0 Å². The predicted octanol–water partition coefficient (Wildman–Crippen LogP) is 3.52. The highest BCUT2D eigenvalue weighted by Crippen LogP contribution is 2.29. The molecule has 134 valence electrons. The van der Waals surface area contributed by atoms with Gasteiger partial charge in [-0.3, -0.25) is 4.79 Å². The molecule has 2 rings (SSSR count). The summed E-state index contributed by atoms with van der Waals surface area (Å²) in [7, 11) is 3.16. The van der Waals surface area contributed by atoms with Crippen LogP contribution in [-0.2, 0) is 11.3 Å². The average molecular weight is 342 g/mol. The largest absolute Gasteiger partial charge is 0.497 e. The highest BCUT2D eigenvalue weighted by atomic mass is 16.5. The minimum Gasteiger partial charge on any atom is -0.497 e. The molecule has 0 aliphatic heterocycles. The van der Waals surface area contributed by atoms with E-state index in [1.165, 1.54) is 11.1 Å². The van der Waals surface area contributed by atoms with E-state index in [1.807, 2.05) is 13.0 Å². The van der Waals surface area contributed by atoms with Gasteiger partial charge in [-0.25, -0.2) is 0 Å². The number of benzene rings is 2. The first-order valence-electron chi connectivity index (χ1n) is 8.32. The van der Waals surface area contributed by atoms with Crippen molar-refractivity contribution in [2.45, 2.75) is 32.9 Å². The first kappa shape index (κ1) is 18.8. The minimum absolute atomic E-state index is 0.0600. The van der Waals surface area contributed by atoms with Gasteiger partial charge in [0.2, 0.25) is 5.91 Å². The summed E-state index contributed by atoms with van der Waals surface area (Å²) < 4.78 is 10.5. The molecule has 1 amide bonds. The molecule has 0 aliphatic rings. The van der Waals surface area contributed by atoms with Crippen LogP contribution in [-0.4, -0.2) is 26.2 Å². The third-order valence-electron chi connectivity index (χ3n) is 3.91. The van der Waals surface area contributed by atoms with Crippen LogP contribution in [0.4, 0.5) is 5.69 Å². The van der Waals surface area contributed by atoms with Gasteiger partial charge in [0.1, 0.15) is 11.5 Å². The number of methoxy groups -OCH3 is 2. The van der Waals surface area contributed by atoms with Crippen LogP contribution in [0.5, 0.6) is 11.5 Å². The van der Waals surface area contributed by atoms with Crippen molar-refractivity contribution in [3.8, 4) is 11.5 Å². The molecule has 0 spiro atoms. The van der Waals surface area contributed by atoms with Crippen molar-refractivity contribution in [2.24, 2.45) is 0 Å². The zero-order valence-corrected chi connectivity index (χ0v) is 15.3. The second-order valence-corrected chi connectivity index (χ2v) is 6.09. The van der Waals surface area contributed by atoms with E-state index in [0.29, 0.717) is 23.6 Å². The van der Waals surface area contributed by atoms with Gasteiger partial charge in [0.05, 0.1) is 19.9 Å². The van der Waals surface area contributed by atoms with Crippen LogP contribution in [0.15, 0.2) is 42.5 Å². The molecule has 2 N–H and O–H groups in total. The number of hydrogen-bond donors (Lipinski definition) is 2. The average Bonchev–Trinajstić information content (AvgIpc) is 2.60. The fourth-order valence-electron chi connectivity index (χ4n) is 2.57. The third kappa shape index (κ3) is 5.80. The van der Waals surface area contributed by atoms with Crippen molar-refractivity contribution < 1.29 is 14.3 Å². The van der Waals surface area contributed by atoms with Gasteiger partial charge in [-0.05, 0) is 31.5 Å². The van der Waals surface area contributed by atoms with Crippen molar-refractivity contribution >= 4 is 11.6 Å². The lowest BCUT2D eigenvalue weighted by molar-refractivity contribution is -0.116. The molecule has 0 aromatic heterocycles. The molecule has 0 saturated heterocycles. The maximum Gasteiger partial charge on any atom is 0.226 e. The summed E-state index contributed by atoms with van der Waals surface area (Å²) in [6, 6.07) is 13.7. The molecule has 0 fully saturated rings. The van der Waals surface area contributed by atoms with Gasteiger partial charge in [0.15, 0.2) is 0 Å². The lowest BCUT2D eigenvalue weighted by Crippen LogP contribution is -2.30. The summed E-state index contributed by atoms with van der Waals surface area (Å²) in [5, 5.41) is 6.27. The second-order valence-electron chi connectivity index (χ2n) is 6.09. The van der Waals surface area contributed by atoms with Crippen LogP contribution in [0, 0.1) is 6.92 Å². The Balaban J connectivity index is 1.87. The predicted molar refractivity (Wildman–Crippen MR) is 100 cm³/mol. The minimum atomic E-state index is -0.0623. The van der Waals surface area contributed by atoms with E-state index < -0.39 is 0 Å². The normalized spacial score (nSPS) is 11.7. The lowest BCUT2D eigenvalue weighted by atomic mass is 10.1. The molecular formula is C20H26N2O3. The highest BCUT2D eigenvalue weighted by molar-refractivity contribution is 5.92. The maximum absolute atomic E-state index is 12.3. The van der Waals surface area contributed by atoms with Crippen LogP contribution >= 0.6 is 0 Å². The van der Waals surface area contributed by atoms with Crippen LogP contribution < -0.4 is 20.1 Å². The number of aryl methyl sites for hydroxylation is 1. The SMILES string of the molecule is COc1ccc(NC(=O)CC(C)NCc2cccc(C)c2)c(OC)c1. The Hall–Kier alpha value is -2.53. The van der Waals surface area contributed by atoms with E-state index in [-0.39, 0.29) is 11.9 Å². The zero-order chi connectivity index (χ0) is 18.2. The number of amides is 1. The van der Waals surface area contributed by atoms with E-state index in [2.05, 4.69) is 35.8 Å².